The molecule has 0 saturated heterocycles. The second-order valence-electron chi connectivity index (χ2n) is 4.68. The smallest absolute Gasteiger partial charge is 0.235 e. The molecular weight excluding hydrogens is 286 g/mol. The molecule has 112 valence electrons. The average Bonchev–Trinajstić information content (AvgIpc) is 2.49. The monoisotopic (exact) mass is 305 g/mol. The number of nitrogens with zero attached hydrogens (tertiary/aromatic N) is 2. The third-order valence-corrected chi connectivity index (χ3v) is 5.06. The Morgan fingerprint density at radius 1 is 1.10 bits per heavy atom. The van der Waals surface area contributed by atoms with Crippen LogP contribution in [0.1, 0.15) is 12.5 Å². The van der Waals surface area contributed by atoms with E-state index < -0.39 is 10.0 Å². The number of benzene rings is 1. The molecular formula is C15H19N3O2S. The molecule has 0 aliphatic carbocycles. The van der Waals surface area contributed by atoms with Crippen molar-refractivity contribution < 1.29 is 8.42 Å². The topological polar surface area (TPSA) is 76.3 Å². The maximum atomic E-state index is 12.5. The average molecular weight is 305 g/mol. The number of nitrogen functional groups attached to an aromatic ring is 1. The number of anilines is 2. The minimum Gasteiger partial charge on any atom is -0.399 e. The van der Waals surface area contributed by atoms with Gasteiger partial charge in [0, 0.05) is 24.6 Å². The Hall–Kier alpha value is -2.08. The fraction of sp³-hybridized carbons (Fsp3) is 0.267. The SMILES string of the molecule is CCN(c1ccc(N)cc1)S(=O)(=O)CCc1ccncc1. The summed E-state index contributed by atoms with van der Waals surface area (Å²) in [4.78, 5) is 3.93. The molecule has 1 heterocycles. The van der Waals surface area contributed by atoms with E-state index in [4.69, 9.17) is 5.73 Å². The Labute approximate surface area is 125 Å². The van der Waals surface area contributed by atoms with Crippen molar-refractivity contribution in [2.45, 2.75) is 13.3 Å². The van der Waals surface area contributed by atoms with Crippen LogP contribution >= 0.6 is 0 Å². The molecule has 1 aromatic carbocycles. The highest BCUT2D eigenvalue weighted by atomic mass is 32.2. The summed E-state index contributed by atoms with van der Waals surface area (Å²) >= 11 is 0. The standard InChI is InChI=1S/C15H19N3O2S/c1-2-18(15-5-3-14(16)4-6-15)21(19,20)12-9-13-7-10-17-11-8-13/h3-8,10-11H,2,9,12,16H2,1H3. The first-order valence-electron chi connectivity index (χ1n) is 6.78. The van der Waals surface area contributed by atoms with Crippen LogP contribution in [-0.4, -0.2) is 25.7 Å². The second-order valence-corrected chi connectivity index (χ2v) is 6.69. The molecule has 0 bridgehead atoms. The zero-order chi connectivity index (χ0) is 15.3. The van der Waals surface area contributed by atoms with Gasteiger partial charge in [0.2, 0.25) is 10.0 Å². The van der Waals surface area contributed by atoms with E-state index in [-0.39, 0.29) is 5.75 Å². The van der Waals surface area contributed by atoms with Crippen molar-refractivity contribution in [1.82, 2.24) is 4.98 Å². The van der Waals surface area contributed by atoms with Gasteiger partial charge in [-0.1, -0.05) is 0 Å². The highest BCUT2D eigenvalue weighted by Gasteiger charge is 2.20. The molecule has 0 spiro atoms. The van der Waals surface area contributed by atoms with Crippen LogP contribution in [0.5, 0.6) is 0 Å². The predicted octanol–water partition coefficient (Wildman–Crippen LogP) is 2.06. The maximum absolute atomic E-state index is 12.5. The quantitative estimate of drug-likeness (QED) is 0.829. The Balaban J connectivity index is 2.14. The zero-order valence-corrected chi connectivity index (χ0v) is 12.8. The first-order chi connectivity index (χ1) is 10.0. The number of pyridine rings is 1. The van der Waals surface area contributed by atoms with Gasteiger partial charge in [-0.25, -0.2) is 8.42 Å². The summed E-state index contributed by atoms with van der Waals surface area (Å²) in [5.41, 5.74) is 7.85. The van der Waals surface area contributed by atoms with E-state index in [1.165, 1.54) is 4.31 Å². The van der Waals surface area contributed by atoms with Crippen LogP contribution in [-0.2, 0) is 16.4 Å². The predicted molar refractivity (Wildman–Crippen MR) is 85.6 cm³/mol. The van der Waals surface area contributed by atoms with E-state index in [0.717, 1.165) is 5.56 Å². The Bertz CT molecular complexity index is 670. The molecule has 0 fully saturated rings. The van der Waals surface area contributed by atoms with Crippen LogP contribution in [0.4, 0.5) is 11.4 Å². The fourth-order valence-corrected chi connectivity index (χ4v) is 3.64. The first-order valence-corrected chi connectivity index (χ1v) is 8.38. The summed E-state index contributed by atoms with van der Waals surface area (Å²) in [5, 5.41) is 0. The first kappa shape index (κ1) is 15.3. The Morgan fingerprint density at radius 2 is 1.71 bits per heavy atom. The molecule has 0 aliphatic rings. The molecule has 0 radical (unpaired) electrons. The lowest BCUT2D eigenvalue weighted by Gasteiger charge is -2.23. The Morgan fingerprint density at radius 3 is 2.29 bits per heavy atom. The molecule has 0 aliphatic heterocycles. The number of hydrogen-bond acceptors (Lipinski definition) is 4. The van der Waals surface area contributed by atoms with Crippen molar-refractivity contribution in [3.8, 4) is 0 Å². The lowest BCUT2D eigenvalue weighted by Crippen LogP contribution is -2.33. The summed E-state index contributed by atoms with van der Waals surface area (Å²) in [5.74, 6) is 0.0647. The summed E-state index contributed by atoms with van der Waals surface area (Å²) in [7, 11) is -3.36. The van der Waals surface area contributed by atoms with Gasteiger partial charge in [-0.2, -0.15) is 0 Å². The van der Waals surface area contributed by atoms with Gasteiger partial charge in [0.25, 0.3) is 0 Å². The van der Waals surface area contributed by atoms with Crippen molar-refractivity contribution in [3.05, 3.63) is 54.4 Å². The molecule has 2 aromatic rings. The van der Waals surface area contributed by atoms with Gasteiger partial charge in [-0.05, 0) is 55.3 Å². The molecule has 0 saturated carbocycles. The van der Waals surface area contributed by atoms with E-state index in [0.29, 0.717) is 24.3 Å². The molecule has 6 heteroatoms. The van der Waals surface area contributed by atoms with Crippen molar-refractivity contribution in [2.75, 3.05) is 22.3 Å². The van der Waals surface area contributed by atoms with Crippen LogP contribution in [0.15, 0.2) is 48.8 Å². The molecule has 2 rings (SSSR count). The molecule has 1 aromatic heterocycles. The van der Waals surface area contributed by atoms with Crippen molar-refractivity contribution >= 4 is 21.4 Å². The lowest BCUT2D eigenvalue weighted by molar-refractivity contribution is 0.591. The summed E-state index contributed by atoms with van der Waals surface area (Å²) in [6.07, 6.45) is 3.80. The third-order valence-electron chi connectivity index (χ3n) is 3.20. The summed E-state index contributed by atoms with van der Waals surface area (Å²) in [6.45, 7) is 2.21. The highest BCUT2D eigenvalue weighted by Crippen LogP contribution is 2.20. The minimum atomic E-state index is -3.36. The van der Waals surface area contributed by atoms with E-state index in [1.54, 1.807) is 36.7 Å². The van der Waals surface area contributed by atoms with Crippen LogP contribution in [0, 0.1) is 0 Å². The largest absolute Gasteiger partial charge is 0.399 e. The van der Waals surface area contributed by atoms with Gasteiger partial charge < -0.3 is 5.73 Å². The van der Waals surface area contributed by atoms with Crippen LogP contribution in [0.3, 0.4) is 0 Å². The molecule has 0 unspecified atom stereocenters. The van der Waals surface area contributed by atoms with Gasteiger partial charge in [0.15, 0.2) is 0 Å². The molecule has 2 N–H and O–H groups in total. The van der Waals surface area contributed by atoms with E-state index in [9.17, 15) is 8.42 Å². The van der Waals surface area contributed by atoms with Gasteiger partial charge in [0.1, 0.15) is 0 Å². The molecule has 0 amide bonds. The van der Waals surface area contributed by atoms with Gasteiger partial charge in [0.05, 0.1) is 11.4 Å². The van der Waals surface area contributed by atoms with Gasteiger partial charge >= 0.3 is 0 Å². The van der Waals surface area contributed by atoms with E-state index in [2.05, 4.69) is 4.98 Å². The molecule has 5 nitrogen and oxygen atoms in total. The normalized spacial score (nSPS) is 11.3. The van der Waals surface area contributed by atoms with Crippen molar-refractivity contribution in [2.24, 2.45) is 0 Å². The maximum Gasteiger partial charge on any atom is 0.235 e. The third kappa shape index (κ3) is 3.95. The number of aryl methyl sites for hydroxylation is 1. The number of hydrogen-bond donors (Lipinski definition) is 1. The van der Waals surface area contributed by atoms with Crippen LogP contribution in [0.2, 0.25) is 0 Å². The second kappa shape index (κ2) is 6.58. The number of nitrogens with two attached hydrogens (primary N) is 1. The highest BCUT2D eigenvalue weighted by molar-refractivity contribution is 7.92. The zero-order valence-electron chi connectivity index (χ0n) is 11.9. The van der Waals surface area contributed by atoms with Crippen LogP contribution in [0.25, 0.3) is 0 Å². The van der Waals surface area contributed by atoms with Crippen molar-refractivity contribution in [3.63, 3.8) is 0 Å². The van der Waals surface area contributed by atoms with Crippen LogP contribution < -0.4 is 10.0 Å². The van der Waals surface area contributed by atoms with E-state index >= 15 is 0 Å². The Kier molecular flexibility index (Phi) is 4.80. The number of sulfonamides is 1. The number of rotatable bonds is 6. The fourth-order valence-electron chi connectivity index (χ4n) is 2.09. The van der Waals surface area contributed by atoms with Gasteiger partial charge in [-0.3, -0.25) is 9.29 Å². The molecule has 21 heavy (non-hydrogen) atoms. The summed E-state index contributed by atoms with van der Waals surface area (Å²) < 4.78 is 26.4. The number of aromatic nitrogens is 1. The summed E-state index contributed by atoms with van der Waals surface area (Å²) in [6, 6.07) is 10.5. The van der Waals surface area contributed by atoms with Gasteiger partial charge in [-0.15, -0.1) is 0 Å². The minimum absolute atomic E-state index is 0.0647. The van der Waals surface area contributed by atoms with Crippen molar-refractivity contribution in [1.29, 1.82) is 0 Å². The van der Waals surface area contributed by atoms with E-state index in [1.807, 2.05) is 19.1 Å². The molecule has 0 atom stereocenters. The lowest BCUT2D eigenvalue weighted by atomic mass is 10.2.